The molecule has 0 radical (unpaired) electrons. The summed E-state index contributed by atoms with van der Waals surface area (Å²) < 4.78 is 5.45. The SMILES string of the molecule is C[C@H](OC(=O)c1cc(=O)[nH]c2ccccc12)C(=O)N1c2ccccc2C[C@H]1C. The Morgan fingerprint density at radius 3 is 2.68 bits per heavy atom. The summed E-state index contributed by atoms with van der Waals surface area (Å²) in [6, 6.07) is 15.9. The number of aromatic amines is 1. The van der Waals surface area contributed by atoms with Gasteiger partial charge in [-0.15, -0.1) is 0 Å². The first-order valence-electron chi connectivity index (χ1n) is 9.19. The number of para-hydroxylation sites is 2. The molecule has 0 unspecified atom stereocenters. The van der Waals surface area contributed by atoms with Gasteiger partial charge in [0.15, 0.2) is 6.10 Å². The van der Waals surface area contributed by atoms with Crippen LogP contribution in [0, 0.1) is 0 Å². The molecule has 6 heteroatoms. The first-order chi connectivity index (χ1) is 13.5. The minimum absolute atomic E-state index is 0.00791. The van der Waals surface area contributed by atoms with E-state index in [1.165, 1.54) is 6.07 Å². The predicted molar refractivity (Wildman–Crippen MR) is 107 cm³/mol. The minimum Gasteiger partial charge on any atom is -0.449 e. The van der Waals surface area contributed by atoms with Gasteiger partial charge in [0.05, 0.1) is 5.56 Å². The molecule has 0 saturated heterocycles. The van der Waals surface area contributed by atoms with Crippen molar-refractivity contribution in [2.75, 3.05) is 4.90 Å². The molecule has 0 spiro atoms. The summed E-state index contributed by atoms with van der Waals surface area (Å²) in [7, 11) is 0. The van der Waals surface area contributed by atoms with Crippen molar-refractivity contribution in [2.45, 2.75) is 32.4 Å². The van der Waals surface area contributed by atoms with Crippen LogP contribution in [-0.4, -0.2) is 29.0 Å². The van der Waals surface area contributed by atoms with Crippen LogP contribution >= 0.6 is 0 Å². The fourth-order valence-corrected chi connectivity index (χ4v) is 3.75. The maximum Gasteiger partial charge on any atom is 0.339 e. The molecule has 0 bridgehead atoms. The van der Waals surface area contributed by atoms with E-state index in [2.05, 4.69) is 4.98 Å². The number of esters is 1. The van der Waals surface area contributed by atoms with Crippen LogP contribution in [0.25, 0.3) is 10.9 Å². The van der Waals surface area contributed by atoms with E-state index in [9.17, 15) is 14.4 Å². The van der Waals surface area contributed by atoms with Gasteiger partial charge < -0.3 is 14.6 Å². The molecule has 28 heavy (non-hydrogen) atoms. The third kappa shape index (κ3) is 3.07. The van der Waals surface area contributed by atoms with Gasteiger partial charge >= 0.3 is 5.97 Å². The largest absolute Gasteiger partial charge is 0.449 e. The Labute approximate surface area is 161 Å². The molecule has 0 aliphatic carbocycles. The fraction of sp³-hybridized carbons (Fsp3) is 0.227. The Morgan fingerprint density at radius 2 is 1.86 bits per heavy atom. The van der Waals surface area contributed by atoms with Gasteiger partial charge in [0.25, 0.3) is 5.91 Å². The van der Waals surface area contributed by atoms with Crippen LogP contribution in [0.5, 0.6) is 0 Å². The third-order valence-corrected chi connectivity index (χ3v) is 5.05. The smallest absolute Gasteiger partial charge is 0.339 e. The highest BCUT2D eigenvalue weighted by molar-refractivity contribution is 6.05. The average Bonchev–Trinajstić information content (AvgIpc) is 3.02. The number of aromatic nitrogens is 1. The molecular weight excluding hydrogens is 356 g/mol. The minimum atomic E-state index is -0.973. The lowest BCUT2D eigenvalue weighted by molar-refractivity contribution is -0.126. The van der Waals surface area contributed by atoms with Gasteiger partial charge in [-0.1, -0.05) is 36.4 Å². The number of amides is 1. The zero-order chi connectivity index (χ0) is 19.8. The summed E-state index contributed by atoms with van der Waals surface area (Å²) >= 11 is 0. The molecule has 3 aromatic rings. The standard InChI is InChI=1S/C22H20N2O4/c1-13-11-15-7-3-6-10-19(15)24(13)21(26)14(2)28-22(27)17-12-20(25)23-18-9-5-4-8-16(17)18/h3-10,12-14H,11H2,1-2H3,(H,23,25)/t13-,14+/m1/s1. The van der Waals surface area contributed by atoms with Crippen molar-refractivity contribution in [1.29, 1.82) is 0 Å². The molecule has 2 atom stereocenters. The van der Waals surface area contributed by atoms with E-state index < -0.39 is 17.6 Å². The summed E-state index contributed by atoms with van der Waals surface area (Å²) in [6.07, 6.45) is -0.208. The van der Waals surface area contributed by atoms with E-state index in [1.54, 1.807) is 36.1 Å². The van der Waals surface area contributed by atoms with Crippen molar-refractivity contribution in [2.24, 2.45) is 0 Å². The molecule has 4 rings (SSSR count). The fourth-order valence-electron chi connectivity index (χ4n) is 3.75. The second kappa shape index (κ2) is 6.96. The number of H-pyrrole nitrogens is 1. The Morgan fingerprint density at radius 1 is 1.14 bits per heavy atom. The van der Waals surface area contributed by atoms with E-state index in [0.717, 1.165) is 17.7 Å². The van der Waals surface area contributed by atoms with Crippen LogP contribution in [0.1, 0.15) is 29.8 Å². The van der Waals surface area contributed by atoms with Crippen molar-refractivity contribution in [3.05, 3.63) is 76.1 Å². The molecule has 142 valence electrons. The lowest BCUT2D eigenvalue weighted by atomic mass is 10.1. The number of hydrogen-bond donors (Lipinski definition) is 1. The second-order valence-electron chi connectivity index (χ2n) is 7.03. The maximum absolute atomic E-state index is 13.0. The molecule has 1 aromatic heterocycles. The molecule has 0 saturated carbocycles. The number of ether oxygens (including phenoxy) is 1. The second-order valence-corrected chi connectivity index (χ2v) is 7.03. The van der Waals surface area contributed by atoms with Gasteiger partial charge in [0, 0.05) is 28.7 Å². The molecule has 1 aliphatic heterocycles. The van der Waals surface area contributed by atoms with Crippen LogP contribution < -0.4 is 10.5 Å². The molecule has 1 amide bonds. The van der Waals surface area contributed by atoms with Gasteiger partial charge in [-0.2, -0.15) is 0 Å². The molecule has 6 nitrogen and oxygen atoms in total. The number of nitrogens with one attached hydrogen (secondary N) is 1. The molecular formula is C22H20N2O4. The lowest BCUT2D eigenvalue weighted by Crippen LogP contribution is -2.43. The van der Waals surface area contributed by atoms with Crippen LogP contribution in [0.2, 0.25) is 0 Å². The summed E-state index contributed by atoms with van der Waals surface area (Å²) in [6.45, 7) is 3.53. The number of carbonyl (C=O) groups excluding carboxylic acids is 2. The number of benzene rings is 2. The van der Waals surface area contributed by atoms with E-state index in [0.29, 0.717) is 10.9 Å². The van der Waals surface area contributed by atoms with Crippen molar-refractivity contribution in [3.8, 4) is 0 Å². The van der Waals surface area contributed by atoms with E-state index in [1.807, 2.05) is 31.2 Å². The Kier molecular flexibility index (Phi) is 4.47. The quantitative estimate of drug-likeness (QED) is 0.713. The van der Waals surface area contributed by atoms with Gasteiger partial charge in [-0.05, 0) is 38.0 Å². The van der Waals surface area contributed by atoms with E-state index >= 15 is 0 Å². The van der Waals surface area contributed by atoms with Crippen molar-refractivity contribution >= 4 is 28.5 Å². The van der Waals surface area contributed by atoms with Gasteiger partial charge in [0.1, 0.15) is 0 Å². The Hall–Kier alpha value is -3.41. The van der Waals surface area contributed by atoms with E-state index in [4.69, 9.17) is 4.74 Å². The Bertz CT molecular complexity index is 1130. The molecule has 1 aliphatic rings. The highest BCUT2D eigenvalue weighted by atomic mass is 16.5. The molecule has 2 heterocycles. The molecule has 1 N–H and O–H groups in total. The monoisotopic (exact) mass is 376 g/mol. The van der Waals surface area contributed by atoms with Gasteiger partial charge in [-0.3, -0.25) is 9.59 Å². The molecule has 0 fully saturated rings. The third-order valence-electron chi connectivity index (χ3n) is 5.05. The number of hydrogen-bond acceptors (Lipinski definition) is 4. The van der Waals surface area contributed by atoms with E-state index in [-0.39, 0.29) is 17.5 Å². The summed E-state index contributed by atoms with van der Waals surface area (Å²) in [5, 5.41) is 0.576. The maximum atomic E-state index is 13.0. The predicted octanol–water partition coefficient (Wildman–Crippen LogP) is 3.05. The lowest BCUT2D eigenvalue weighted by Gasteiger charge is -2.26. The van der Waals surface area contributed by atoms with Crippen molar-refractivity contribution in [3.63, 3.8) is 0 Å². The first kappa shape index (κ1) is 18.0. The summed E-state index contributed by atoms with van der Waals surface area (Å²) in [5.41, 5.74) is 2.25. The number of nitrogens with zero attached hydrogens (tertiary/aromatic N) is 1. The van der Waals surface area contributed by atoms with Crippen molar-refractivity contribution in [1.82, 2.24) is 4.98 Å². The normalized spacial score (nSPS) is 16.6. The number of fused-ring (bicyclic) bond motifs is 2. The first-order valence-corrected chi connectivity index (χ1v) is 9.19. The van der Waals surface area contributed by atoms with Crippen LogP contribution in [0.15, 0.2) is 59.4 Å². The van der Waals surface area contributed by atoms with Gasteiger partial charge in [-0.25, -0.2) is 4.79 Å². The number of carbonyl (C=O) groups is 2. The van der Waals surface area contributed by atoms with Crippen LogP contribution in [-0.2, 0) is 16.0 Å². The van der Waals surface area contributed by atoms with Crippen LogP contribution in [0.4, 0.5) is 5.69 Å². The number of pyridine rings is 1. The van der Waals surface area contributed by atoms with Crippen molar-refractivity contribution < 1.29 is 14.3 Å². The summed E-state index contributed by atoms with van der Waals surface area (Å²) in [5.74, 6) is -0.969. The molecule has 2 aromatic carbocycles. The topological polar surface area (TPSA) is 79.5 Å². The van der Waals surface area contributed by atoms with Gasteiger partial charge in [0.2, 0.25) is 5.56 Å². The highest BCUT2D eigenvalue weighted by Gasteiger charge is 2.34. The summed E-state index contributed by atoms with van der Waals surface area (Å²) in [4.78, 5) is 42.0. The van der Waals surface area contributed by atoms with Crippen LogP contribution in [0.3, 0.4) is 0 Å². The number of rotatable bonds is 3. The zero-order valence-corrected chi connectivity index (χ0v) is 15.6. The number of anilines is 1. The average molecular weight is 376 g/mol. The Balaban J connectivity index is 1.59. The zero-order valence-electron chi connectivity index (χ0n) is 15.6. The highest BCUT2D eigenvalue weighted by Crippen LogP contribution is 2.32.